The highest BCUT2D eigenvalue weighted by molar-refractivity contribution is 5.30. The minimum Gasteiger partial charge on any atom is -0.461 e. The molecule has 7 nitrogen and oxygen atoms in total. The summed E-state index contributed by atoms with van der Waals surface area (Å²) in [5.41, 5.74) is 1.04. The highest BCUT2D eigenvalue weighted by Gasteiger charge is 2.11. The minimum atomic E-state index is 0.00336. The second-order valence-corrected chi connectivity index (χ2v) is 4.80. The van der Waals surface area contributed by atoms with Crippen LogP contribution in [0.3, 0.4) is 0 Å². The lowest BCUT2D eigenvalue weighted by molar-refractivity contribution is 0.221. The van der Waals surface area contributed by atoms with Crippen molar-refractivity contribution in [3.63, 3.8) is 0 Å². The first-order valence-corrected chi connectivity index (χ1v) is 6.76. The van der Waals surface area contributed by atoms with Crippen molar-refractivity contribution in [1.29, 1.82) is 0 Å². The van der Waals surface area contributed by atoms with Crippen molar-refractivity contribution in [2.75, 3.05) is 11.9 Å². The smallest absolute Gasteiger partial charge is 0.323 e. The second kappa shape index (κ2) is 6.31. The Morgan fingerprint density at radius 2 is 2.10 bits per heavy atom. The molecule has 0 spiro atoms. The Kier molecular flexibility index (Phi) is 4.49. The van der Waals surface area contributed by atoms with E-state index in [4.69, 9.17) is 4.74 Å². The molecule has 2 aromatic rings. The first kappa shape index (κ1) is 14.2. The highest BCUT2D eigenvalue weighted by atomic mass is 16.5. The molecule has 2 heterocycles. The molecule has 0 aliphatic rings. The van der Waals surface area contributed by atoms with Crippen LogP contribution in [0.15, 0.2) is 12.4 Å². The maximum absolute atomic E-state index is 5.56. The standard InChI is InChI=1S/C13H20N6O/c1-5-6-14-11-16-12(19-8-10(4)7-15-19)18-13(17-11)20-9(2)3/h7-9H,5-6H2,1-4H3,(H,14,16,17,18). The van der Waals surface area contributed by atoms with Crippen molar-refractivity contribution in [1.82, 2.24) is 24.7 Å². The Morgan fingerprint density at radius 1 is 1.30 bits per heavy atom. The van der Waals surface area contributed by atoms with Gasteiger partial charge in [0.05, 0.1) is 12.3 Å². The second-order valence-electron chi connectivity index (χ2n) is 4.80. The summed E-state index contributed by atoms with van der Waals surface area (Å²) < 4.78 is 7.17. The van der Waals surface area contributed by atoms with E-state index in [1.165, 1.54) is 0 Å². The molecule has 0 radical (unpaired) electrons. The van der Waals surface area contributed by atoms with Crippen molar-refractivity contribution in [2.45, 2.75) is 40.2 Å². The molecule has 0 aliphatic carbocycles. The molecule has 0 fully saturated rings. The van der Waals surface area contributed by atoms with Crippen molar-refractivity contribution < 1.29 is 4.74 Å². The molecular weight excluding hydrogens is 256 g/mol. The van der Waals surface area contributed by atoms with Crippen LogP contribution < -0.4 is 10.1 Å². The fourth-order valence-corrected chi connectivity index (χ4v) is 1.55. The number of anilines is 1. The third kappa shape index (κ3) is 3.66. The molecule has 108 valence electrons. The Balaban J connectivity index is 2.34. The summed E-state index contributed by atoms with van der Waals surface area (Å²) in [5.74, 6) is 0.947. The largest absolute Gasteiger partial charge is 0.461 e. The number of ether oxygens (including phenoxy) is 1. The van der Waals surface area contributed by atoms with E-state index in [0.29, 0.717) is 17.9 Å². The lowest BCUT2D eigenvalue weighted by atomic mass is 10.4. The Bertz CT molecular complexity index is 566. The average Bonchev–Trinajstić information content (AvgIpc) is 2.82. The first-order chi connectivity index (χ1) is 9.58. The van der Waals surface area contributed by atoms with Crippen molar-refractivity contribution in [3.05, 3.63) is 18.0 Å². The van der Waals surface area contributed by atoms with Gasteiger partial charge in [0.15, 0.2) is 0 Å². The van der Waals surface area contributed by atoms with Gasteiger partial charge in [-0.05, 0) is 32.8 Å². The number of nitrogens with zero attached hydrogens (tertiary/aromatic N) is 5. The van der Waals surface area contributed by atoms with E-state index >= 15 is 0 Å². The summed E-state index contributed by atoms with van der Waals surface area (Å²) in [5, 5.41) is 7.35. The maximum atomic E-state index is 5.56. The molecule has 0 bridgehead atoms. The third-order valence-corrected chi connectivity index (χ3v) is 2.39. The molecule has 0 atom stereocenters. The van der Waals surface area contributed by atoms with Gasteiger partial charge in [0.25, 0.3) is 5.95 Å². The average molecular weight is 276 g/mol. The molecule has 7 heteroatoms. The van der Waals surface area contributed by atoms with Crippen LogP contribution in [-0.2, 0) is 0 Å². The van der Waals surface area contributed by atoms with Crippen LogP contribution in [0, 0.1) is 6.92 Å². The molecule has 0 saturated carbocycles. The first-order valence-electron chi connectivity index (χ1n) is 6.76. The van der Waals surface area contributed by atoms with E-state index in [-0.39, 0.29) is 6.10 Å². The molecular formula is C13H20N6O. The molecule has 2 rings (SSSR count). The van der Waals surface area contributed by atoms with E-state index in [1.807, 2.05) is 27.0 Å². The summed E-state index contributed by atoms with van der Waals surface area (Å²) in [4.78, 5) is 12.9. The predicted octanol–water partition coefficient (Wildman–Crippen LogP) is 1.97. The summed E-state index contributed by atoms with van der Waals surface area (Å²) in [7, 11) is 0. The monoisotopic (exact) mass is 276 g/mol. The van der Waals surface area contributed by atoms with Gasteiger partial charge in [-0.2, -0.15) is 20.1 Å². The van der Waals surface area contributed by atoms with E-state index in [1.54, 1.807) is 10.9 Å². The Hall–Kier alpha value is -2.18. The quantitative estimate of drug-likeness (QED) is 0.869. The van der Waals surface area contributed by atoms with Gasteiger partial charge in [0, 0.05) is 12.7 Å². The SMILES string of the molecule is CCCNc1nc(OC(C)C)nc(-n2cc(C)cn2)n1. The van der Waals surface area contributed by atoms with Gasteiger partial charge in [-0.1, -0.05) is 6.92 Å². The van der Waals surface area contributed by atoms with Gasteiger partial charge in [-0.3, -0.25) is 0 Å². The highest BCUT2D eigenvalue weighted by Crippen LogP contribution is 2.12. The summed E-state index contributed by atoms with van der Waals surface area (Å²) in [6.45, 7) is 8.70. The zero-order valence-corrected chi connectivity index (χ0v) is 12.3. The van der Waals surface area contributed by atoms with Gasteiger partial charge >= 0.3 is 6.01 Å². The van der Waals surface area contributed by atoms with Crippen molar-refractivity contribution in [3.8, 4) is 12.0 Å². The summed E-state index contributed by atoms with van der Waals surface area (Å²) in [6, 6.07) is 0.303. The van der Waals surface area contributed by atoms with Gasteiger partial charge in [-0.15, -0.1) is 0 Å². The van der Waals surface area contributed by atoms with Gasteiger partial charge in [0.2, 0.25) is 5.95 Å². The fraction of sp³-hybridized carbons (Fsp3) is 0.538. The van der Waals surface area contributed by atoms with Gasteiger partial charge in [0.1, 0.15) is 0 Å². The number of aromatic nitrogens is 5. The predicted molar refractivity (Wildman–Crippen MR) is 76.2 cm³/mol. The molecule has 0 aliphatic heterocycles. The van der Waals surface area contributed by atoms with E-state index in [2.05, 4.69) is 32.3 Å². The van der Waals surface area contributed by atoms with Crippen LogP contribution in [0.4, 0.5) is 5.95 Å². The molecule has 0 aromatic carbocycles. The molecule has 1 N–H and O–H groups in total. The van der Waals surface area contributed by atoms with E-state index < -0.39 is 0 Å². The van der Waals surface area contributed by atoms with Gasteiger partial charge < -0.3 is 10.1 Å². The van der Waals surface area contributed by atoms with Crippen LogP contribution in [0.5, 0.6) is 6.01 Å². The third-order valence-electron chi connectivity index (χ3n) is 2.39. The lowest BCUT2D eigenvalue weighted by Crippen LogP contribution is -2.14. The van der Waals surface area contributed by atoms with Crippen LogP contribution in [0.1, 0.15) is 32.8 Å². The Morgan fingerprint density at radius 3 is 2.70 bits per heavy atom. The van der Waals surface area contributed by atoms with Crippen LogP contribution in [-0.4, -0.2) is 37.4 Å². The number of hydrogen-bond donors (Lipinski definition) is 1. The maximum Gasteiger partial charge on any atom is 0.323 e. The zero-order valence-electron chi connectivity index (χ0n) is 12.3. The lowest BCUT2D eigenvalue weighted by Gasteiger charge is -2.11. The topological polar surface area (TPSA) is 77.8 Å². The molecule has 0 amide bonds. The van der Waals surface area contributed by atoms with E-state index in [9.17, 15) is 0 Å². The molecule has 20 heavy (non-hydrogen) atoms. The minimum absolute atomic E-state index is 0.00336. The number of rotatable bonds is 6. The number of aryl methyl sites for hydroxylation is 1. The molecule has 0 saturated heterocycles. The van der Waals surface area contributed by atoms with E-state index in [0.717, 1.165) is 18.5 Å². The Labute approximate surface area is 118 Å². The molecule has 0 unspecified atom stereocenters. The number of nitrogens with one attached hydrogen (secondary N) is 1. The normalized spacial score (nSPS) is 10.8. The summed E-state index contributed by atoms with van der Waals surface area (Å²) in [6.07, 6.45) is 4.61. The van der Waals surface area contributed by atoms with Crippen LogP contribution in [0.25, 0.3) is 5.95 Å². The van der Waals surface area contributed by atoms with Gasteiger partial charge in [-0.25, -0.2) is 4.68 Å². The van der Waals surface area contributed by atoms with Crippen molar-refractivity contribution in [2.24, 2.45) is 0 Å². The zero-order chi connectivity index (χ0) is 14.5. The van der Waals surface area contributed by atoms with Crippen LogP contribution in [0.2, 0.25) is 0 Å². The molecule has 2 aromatic heterocycles. The van der Waals surface area contributed by atoms with Crippen LogP contribution >= 0.6 is 0 Å². The summed E-state index contributed by atoms with van der Waals surface area (Å²) >= 11 is 0. The van der Waals surface area contributed by atoms with Crippen molar-refractivity contribution >= 4 is 5.95 Å². The fourth-order valence-electron chi connectivity index (χ4n) is 1.55. The number of hydrogen-bond acceptors (Lipinski definition) is 6.